The monoisotopic (exact) mass is 224 g/mol. The largest absolute Gasteiger partial charge is 0.312 e. The van der Waals surface area contributed by atoms with Gasteiger partial charge >= 0.3 is 0 Å². The first-order valence-corrected chi connectivity index (χ1v) is 6.12. The van der Waals surface area contributed by atoms with Gasteiger partial charge in [0.25, 0.3) is 5.92 Å². The van der Waals surface area contributed by atoms with E-state index in [1.54, 1.807) is 18.8 Å². The summed E-state index contributed by atoms with van der Waals surface area (Å²) in [5, 5.41) is 2.87. The molecule has 0 aromatic rings. The minimum Gasteiger partial charge on any atom is -0.312 e. The number of thioether (sulfide) groups is 1. The molecule has 1 rings (SSSR count). The van der Waals surface area contributed by atoms with Gasteiger partial charge in [0.2, 0.25) is 0 Å². The highest BCUT2D eigenvalue weighted by atomic mass is 32.2. The highest BCUT2D eigenvalue weighted by Gasteiger charge is 2.44. The number of piperidine rings is 1. The van der Waals surface area contributed by atoms with Crippen molar-refractivity contribution in [1.82, 2.24) is 10.2 Å². The van der Waals surface area contributed by atoms with Crippen molar-refractivity contribution < 1.29 is 8.78 Å². The lowest BCUT2D eigenvalue weighted by Crippen LogP contribution is -2.57. The van der Waals surface area contributed by atoms with Crippen LogP contribution in [0.3, 0.4) is 0 Å². The molecule has 1 heterocycles. The molecule has 0 amide bonds. The van der Waals surface area contributed by atoms with Crippen LogP contribution in [0, 0.1) is 0 Å². The van der Waals surface area contributed by atoms with Gasteiger partial charge < -0.3 is 5.32 Å². The molecule has 0 radical (unpaired) electrons. The zero-order valence-electron chi connectivity index (χ0n) is 8.89. The molecule has 2 atom stereocenters. The van der Waals surface area contributed by atoms with Gasteiger partial charge in [0.1, 0.15) is 0 Å². The van der Waals surface area contributed by atoms with E-state index in [-0.39, 0.29) is 11.9 Å². The van der Waals surface area contributed by atoms with E-state index in [2.05, 4.69) is 5.32 Å². The second-order valence-electron chi connectivity index (χ2n) is 3.70. The van der Waals surface area contributed by atoms with Crippen molar-refractivity contribution in [1.29, 1.82) is 0 Å². The minimum atomic E-state index is -2.60. The molecule has 0 saturated carbocycles. The fourth-order valence-corrected chi connectivity index (χ4v) is 2.26. The van der Waals surface area contributed by atoms with Gasteiger partial charge in [-0.2, -0.15) is 0 Å². The van der Waals surface area contributed by atoms with Crippen LogP contribution in [0.25, 0.3) is 0 Å². The fraction of sp³-hybridized carbons (Fsp3) is 1.00. The highest BCUT2D eigenvalue weighted by Crippen LogP contribution is 2.29. The van der Waals surface area contributed by atoms with Crippen molar-refractivity contribution in [3.63, 3.8) is 0 Å². The van der Waals surface area contributed by atoms with E-state index < -0.39 is 12.0 Å². The van der Waals surface area contributed by atoms with Gasteiger partial charge in [-0.15, -0.1) is 11.8 Å². The van der Waals surface area contributed by atoms with Crippen molar-refractivity contribution >= 4 is 11.8 Å². The molecule has 1 N–H and O–H groups in total. The summed E-state index contributed by atoms with van der Waals surface area (Å²) in [6, 6.07) is -0.659. The molecule has 0 aliphatic carbocycles. The van der Waals surface area contributed by atoms with Crippen LogP contribution < -0.4 is 5.32 Å². The van der Waals surface area contributed by atoms with Gasteiger partial charge in [-0.3, -0.25) is 4.90 Å². The number of alkyl halides is 2. The lowest BCUT2D eigenvalue weighted by Gasteiger charge is -2.40. The molecule has 1 saturated heterocycles. The second-order valence-corrected chi connectivity index (χ2v) is 4.85. The maximum atomic E-state index is 13.5. The molecule has 0 bridgehead atoms. The fourth-order valence-electron chi connectivity index (χ4n) is 1.78. The summed E-state index contributed by atoms with van der Waals surface area (Å²) in [5.41, 5.74) is 0. The molecule has 1 unspecified atom stereocenters. The Bertz CT molecular complexity index is 190. The summed E-state index contributed by atoms with van der Waals surface area (Å²) in [4.78, 5) is 1.85. The zero-order valence-corrected chi connectivity index (χ0v) is 9.70. The molecule has 1 fully saturated rings. The molecule has 14 heavy (non-hydrogen) atoms. The smallest absolute Gasteiger partial charge is 0.275 e. The van der Waals surface area contributed by atoms with Crippen LogP contribution in [0.15, 0.2) is 0 Å². The Morgan fingerprint density at radius 2 is 2.21 bits per heavy atom. The normalized spacial score (nSPS) is 30.2. The van der Waals surface area contributed by atoms with Gasteiger partial charge in [-0.1, -0.05) is 0 Å². The number of nitrogens with one attached hydrogen (secondary N) is 1. The molecule has 0 aromatic heterocycles. The van der Waals surface area contributed by atoms with E-state index in [1.165, 1.54) is 0 Å². The summed E-state index contributed by atoms with van der Waals surface area (Å²) in [5.74, 6) is -2.60. The molecule has 1 aliphatic heterocycles. The van der Waals surface area contributed by atoms with E-state index >= 15 is 0 Å². The summed E-state index contributed by atoms with van der Waals surface area (Å²) in [6.45, 7) is 2.60. The van der Waals surface area contributed by atoms with E-state index in [1.807, 2.05) is 18.1 Å². The third-order valence-corrected chi connectivity index (χ3v) is 3.81. The number of hydrogen-bond acceptors (Lipinski definition) is 3. The average molecular weight is 224 g/mol. The molecule has 1 aliphatic rings. The van der Waals surface area contributed by atoms with Crippen LogP contribution in [-0.2, 0) is 0 Å². The predicted molar refractivity (Wildman–Crippen MR) is 57.0 cm³/mol. The van der Waals surface area contributed by atoms with Crippen LogP contribution in [0.2, 0.25) is 0 Å². The SMILES string of the molecule is CN[C@H]1CCN(C(C)SC)CC1(F)F. The van der Waals surface area contributed by atoms with Gasteiger partial charge in [0.15, 0.2) is 0 Å². The Morgan fingerprint density at radius 3 is 2.64 bits per heavy atom. The van der Waals surface area contributed by atoms with Crippen LogP contribution in [0.4, 0.5) is 8.78 Å². The molecule has 0 aromatic carbocycles. The maximum absolute atomic E-state index is 13.5. The number of halogens is 2. The number of likely N-dealkylation sites (tertiary alicyclic amines) is 1. The third kappa shape index (κ3) is 2.58. The lowest BCUT2D eigenvalue weighted by atomic mass is 10.0. The standard InChI is InChI=1S/C9H18F2N2S/c1-7(14-3)13-5-4-8(12-2)9(10,11)6-13/h7-8,12H,4-6H2,1-3H3/t7?,8-/m0/s1. The Hall–Kier alpha value is 0.130. The second kappa shape index (κ2) is 4.77. The van der Waals surface area contributed by atoms with Gasteiger partial charge in [0.05, 0.1) is 18.0 Å². The molecular weight excluding hydrogens is 206 g/mol. The van der Waals surface area contributed by atoms with Crippen LogP contribution in [0.1, 0.15) is 13.3 Å². The summed E-state index contributed by atoms with van der Waals surface area (Å²) in [6.07, 6.45) is 2.47. The van der Waals surface area contributed by atoms with Gasteiger partial charge in [-0.05, 0) is 26.6 Å². The molecule has 84 valence electrons. The quantitative estimate of drug-likeness (QED) is 0.784. The van der Waals surface area contributed by atoms with E-state index in [0.717, 1.165) is 6.54 Å². The average Bonchev–Trinajstić information content (AvgIpc) is 2.15. The Balaban J connectivity index is 2.58. The summed E-state index contributed by atoms with van der Waals surface area (Å²) in [7, 11) is 1.60. The van der Waals surface area contributed by atoms with Crippen molar-refractivity contribution in [3.05, 3.63) is 0 Å². The zero-order chi connectivity index (χ0) is 10.8. The molecular formula is C9H18F2N2S. The summed E-state index contributed by atoms with van der Waals surface area (Å²) >= 11 is 1.61. The highest BCUT2D eigenvalue weighted by molar-refractivity contribution is 7.99. The first-order chi connectivity index (χ1) is 6.51. The maximum Gasteiger partial charge on any atom is 0.275 e. The Kier molecular flexibility index (Phi) is 4.15. The predicted octanol–water partition coefficient (Wildman–Crippen LogP) is 1.62. The van der Waals surface area contributed by atoms with Crippen molar-refractivity contribution in [3.8, 4) is 0 Å². The summed E-state index contributed by atoms with van der Waals surface area (Å²) < 4.78 is 27.0. The Labute approximate surface area is 88.4 Å². The molecule has 2 nitrogen and oxygen atoms in total. The van der Waals surface area contributed by atoms with Gasteiger partial charge in [-0.25, -0.2) is 8.78 Å². The topological polar surface area (TPSA) is 15.3 Å². The minimum absolute atomic E-state index is 0.124. The number of nitrogens with zero attached hydrogens (tertiary/aromatic N) is 1. The van der Waals surface area contributed by atoms with E-state index in [9.17, 15) is 8.78 Å². The lowest BCUT2D eigenvalue weighted by molar-refractivity contribution is -0.0896. The van der Waals surface area contributed by atoms with Gasteiger partial charge in [0, 0.05) is 6.54 Å². The first-order valence-electron chi connectivity index (χ1n) is 4.83. The van der Waals surface area contributed by atoms with Crippen LogP contribution in [0.5, 0.6) is 0 Å². The molecule has 0 spiro atoms. The number of rotatable bonds is 3. The first kappa shape index (κ1) is 12.2. The van der Waals surface area contributed by atoms with Crippen molar-refractivity contribution in [2.45, 2.75) is 30.7 Å². The van der Waals surface area contributed by atoms with E-state index in [4.69, 9.17) is 0 Å². The van der Waals surface area contributed by atoms with Crippen molar-refractivity contribution in [2.75, 3.05) is 26.4 Å². The Morgan fingerprint density at radius 1 is 1.57 bits per heavy atom. The van der Waals surface area contributed by atoms with Crippen molar-refractivity contribution in [2.24, 2.45) is 0 Å². The van der Waals surface area contributed by atoms with Crippen LogP contribution >= 0.6 is 11.8 Å². The molecule has 5 heteroatoms. The third-order valence-electron chi connectivity index (χ3n) is 2.83. The number of hydrogen-bond donors (Lipinski definition) is 1. The van der Waals surface area contributed by atoms with Crippen LogP contribution in [-0.4, -0.2) is 48.6 Å². The van der Waals surface area contributed by atoms with E-state index in [0.29, 0.717) is 6.42 Å².